The van der Waals surface area contributed by atoms with Crippen molar-refractivity contribution in [2.45, 2.75) is 6.92 Å². The van der Waals surface area contributed by atoms with Gasteiger partial charge in [-0.15, -0.1) is 5.11 Å². The second kappa shape index (κ2) is 7.30. The zero-order valence-corrected chi connectivity index (χ0v) is 14.7. The van der Waals surface area contributed by atoms with Gasteiger partial charge in [-0.3, -0.25) is 4.72 Å². The molecule has 0 bridgehead atoms. The molecule has 3 N–H and O–H groups in total. The highest BCUT2D eigenvalue weighted by atomic mass is 32.2. The molecule has 0 amide bonds. The van der Waals surface area contributed by atoms with Crippen molar-refractivity contribution in [3.05, 3.63) is 29.8 Å². The normalized spacial score (nSPS) is 11.6. The summed E-state index contributed by atoms with van der Waals surface area (Å²) in [7, 11) is -2.01. The van der Waals surface area contributed by atoms with E-state index in [9.17, 15) is 13.2 Å². The van der Waals surface area contributed by atoms with Gasteiger partial charge < -0.3 is 10.5 Å². The van der Waals surface area contributed by atoms with Crippen LogP contribution in [0, 0.1) is 0 Å². The van der Waals surface area contributed by atoms with Gasteiger partial charge in [0.05, 0.1) is 24.1 Å². The molecule has 134 valence electrons. The minimum atomic E-state index is -3.53. The minimum Gasteiger partial charge on any atom is -0.462 e. The largest absolute Gasteiger partial charge is 0.462 e. The Labute approximate surface area is 144 Å². The third kappa shape index (κ3) is 4.76. The van der Waals surface area contributed by atoms with Crippen LogP contribution in [0.1, 0.15) is 17.3 Å². The Balaban J connectivity index is 2.26. The topological polar surface area (TPSA) is 141 Å². The number of nitrogens with one attached hydrogen (secondary N) is 1. The van der Waals surface area contributed by atoms with Crippen LogP contribution in [-0.4, -0.2) is 37.0 Å². The highest BCUT2D eigenvalue weighted by molar-refractivity contribution is 7.92. The highest BCUT2D eigenvalue weighted by Crippen LogP contribution is 2.32. The van der Waals surface area contributed by atoms with Gasteiger partial charge in [0.25, 0.3) is 0 Å². The van der Waals surface area contributed by atoms with Crippen LogP contribution < -0.4 is 10.5 Å². The number of anilines is 2. The number of carbonyl (C=O) groups excluding carboxylic acids is 1. The smallest absolute Gasteiger partial charge is 0.338 e. The van der Waals surface area contributed by atoms with Crippen LogP contribution in [0.15, 0.2) is 34.5 Å². The zero-order chi connectivity index (χ0) is 18.6. The van der Waals surface area contributed by atoms with Gasteiger partial charge in [0.2, 0.25) is 10.0 Å². The number of hydrogen-bond donors (Lipinski definition) is 2. The standard InChI is InChI=1S/C14H18N6O4S/c1-4-24-14(21)9-5-7-10(8-6-9)16-17-11-12(15)18-20(2)13(11)19-25(3,22)23/h5-8,19H,4H2,1-3H3,(H2,15,18). The van der Waals surface area contributed by atoms with Crippen LogP contribution in [-0.2, 0) is 21.8 Å². The first-order valence-electron chi connectivity index (χ1n) is 7.20. The maximum atomic E-state index is 11.6. The highest BCUT2D eigenvalue weighted by Gasteiger charge is 2.17. The summed E-state index contributed by atoms with van der Waals surface area (Å²) >= 11 is 0. The molecule has 0 fully saturated rings. The molecule has 1 aromatic heterocycles. The molecular formula is C14H18N6O4S. The van der Waals surface area contributed by atoms with Crippen molar-refractivity contribution >= 4 is 39.0 Å². The first-order valence-corrected chi connectivity index (χ1v) is 9.09. The van der Waals surface area contributed by atoms with E-state index in [1.165, 1.54) is 11.7 Å². The van der Waals surface area contributed by atoms with E-state index >= 15 is 0 Å². The molecule has 11 heteroatoms. The summed E-state index contributed by atoms with van der Waals surface area (Å²) in [6.07, 6.45) is 1.01. The molecule has 2 aromatic rings. The number of aromatic nitrogens is 2. The second-order valence-electron chi connectivity index (χ2n) is 5.05. The summed E-state index contributed by atoms with van der Waals surface area (Å²) in [5.41, 5.74) is 6.68. The molecule has 0 aliphatic carbocycles. The number of nitrogens with zero attached hydrogens (tertiary/aromatic N) is 4. The SMILES string of the molecule is CCOC(=O)c1ccc(N=Nc2c(N)nn(C)c2NS(C)(=O)=O)cc1. The van der Waals surface area contributed by atoms with Crippen LogP contribution >= 0.6 is 0 Å². The number of ether oxygens (including phenoxy) is 1. The summed E-state index contributed by atoms with van der Waals surface area (Å²) in [6.45, 7) is 2.01. The van der Waals surface area contributed by atoms with Crippen LogP contribution in [0.5, 0.6) is 0 Å². The molecular weight excluding hydrogens is 348 g/mol. The van der Waals surface area contributed by atoms with Gasteiger partial charge in [-0.05, 0) is 31.2 Å². The van der Waals surface area contributed by atoms with Crippen molar-refractivity contribution < 1.29 is 17.9 Å². The minimum absolute atomic E-state index is 0.0283. The number of nitrogen functional groups attached to an aromatic ring is 1. The third-order valence-corrected chi connectivity index (χ3v) is 3.54. The summed E-state index contributed by atoms with van der Waals surface area (Å²) in [5.74, 6) is -0.297. The number of aryl methyl sites for hydroxylation is 1. The van der Waals surface area contributed by atoms with Crippen molar-refractivity contribution in [1.82, 2.24) is 9.78 Å². The fourth-order valence-corrected chi connectivity index (χ4v) is 2.49. The summed E-state index contributed by atoms with van der Waals surface area (Å²) in [6, 6.07) is 6.25. The molecule has 2 rings (SSSR count). The lowest BCUT2D eigenvalue weighted by molar-refractivity contribution is 0.0526. The van der Waals surface area contributed by atoms with Crippen LogP contribution in [0.4, 0.5) is 23.0 Å². The van der Waals surface area contributed by atoms with Crippen LogP contribution in [0.3, 0.4) is 0 Å². The van der Waals surface area contributed by atoms with E-state index in [0.717, 1.165) is 6.26 Å². The molecule has 0 radical (unpaired) electrons. The van der Waals surface area contributed by atoms with Crippen LogP contribution in [0.25, 0.3) is 0 Å². The Morgan fingerprint density at radius 2 is 1.96 bits per heavy atom. The average molecular weight is 366 g/mol. The summed E-state index contributed by atoms with van der Waals surface area (Å²) < 4.78 is 31.3. The Morgan fingerprint density at radius 1 is 1.32 bits per heavy atom. The maximum Gasteiger partial charge on any atom is 0.338 e. The third-order valence-electron chi connectivity index (χ3n) is 2.97. The molecule has 1 heterocycles. The van der Waals surface area contributed by atoms with Gasteiger partial charge in [0.1, 0.15) is 0 Å². The molecule has 25 heavy (non-hydrogen) atoms. The molecule has 0 spiro atoms. The predicted molar refractivity (Wildman–Crippen MR) is 92.7 cm³/mol. The number of rotatable bonds is 6. The quantitative estimate of drug-likeness (QED) is 0.591. The number of sulfonamides is 1. The molecule has 0 saturated heterocycles. The molecule has 0 aliphatic rings. The Hall–Kier alpha value is -2.95. The predicted octanol–water partition coefficient (Wildman–Crippen LogP) is 1.97. The van der Waals surface area contributed by atoms with E-state index in [1.54, 1.807) is 31.2 Å². The van der Waals surface area contributed by atoms with E-state index in [-0.39, 0.29) is 23.9 Å². The lowest BCUT2D eigenvalue weighted by Gasteiger charge is -2.04. The van der Waals surface area contributed by atoms with Crippen molar-refractivity contribution in [3.63, 3.8) is 0 Å². The molecule has 1 aromatic carbocycles. The number of benzene rings is 1. The lowest BCUT2D eigenvalue weighted by Crippen LogP contribution is -2.12. The van der Waals surface area contributed by atoms with E-state index in [0.29, 0.717) is 11.3 Å². The Kier molecular flexibility index (Phi) is 5.37. The Morgan fingerprint density at radius 3 is 2.52 bits per heavy atom. The van der Waals surface area contributed by atoms with Crippen LogP contribution in [0.2, 0.25) is 0 Å². The fourth-order valence-electron chi connectivity index (χ4n) is 1.91. The molecule has 10 nitrogen and oxygen atoms in total. The first kappa shape index (κ1) is 18.4. The zero-order valence-electron chi connectivity index (χ0n) is 13.9. The van der Waals surface area contributed by atoms with Crippen molar-refractivity contribution in [2.24, 2.45) is 17.3 Å². The fraction of sp³-hybridized carbons (Fsp3) is 0.286. The maximum absolute atomic E-state index is 11.6. The first-order chi connectivity index (χ1) is 11.7. The molecule has 0 saturated carbocycles. The Bertz CT molecular complexity index is 902. The van der Waals surface area contributed by atoms with Crippen molar-refractivity contribution in [3.8, 4) is 0 Å². The van der Waals surface area contributed by atoms with Gasteiger partial charge in [0, 0.05) is 7.05 Å². The summed E-state index contributed by atoms with van der Waals surface area (Å²) in [5, 5.41) is 11.9. The average Bonchev–Trinajstić information content (AvgIpc) is 2.78. The van der Waals surface area contributed by atoms with E-state index in [2.05, 4.69) is 20.0 Å². The summed E-state index contributed by atoms with van der Waals surface area (Å²) in [4.78, 5) is 11.6. The monoisotopic (exact) mass is 366 g/mol. The van der Waals surface area contributed by atoms with Crippen molar-refractivity contribution in [2.75, 3.05) is 23.3 Å². The number of azo groups is 1. The van der Waals surface area contributed by atoms with E-state index in [4.69, 9.17) is 10.5 Å². The molecule has 0 atom stereocenters. The van der Waals surface area contributed by atoms with Gasteiger partial charge in [0.15, 0.2) is 17.3 Å². The number of carbonyl (C=O) groups is 1. The second-order valence-corrected chi connectivity index (χ2v) is 6.80. The number of nitrogens with two attached hydrogens (primary N) is 1. The van der Waals surface area contributed by atoms with Gasteiger partial charge in [-0.2, -0.15) is 10.2 Å². The number of hydrogen-bond acceptors (Lipinski definition) is 8. The van der Waals surface area contributed by atoms with Gasteiger partial charge in [-0.25, -0.2) is 17.9 Å². The van der Waals surface area contributed by atoms with E-state index in [1.807, 2.05) is 0 Å². The lowest BCUT2D eigenvalue weighted by atomic mass is 10.2. The van der Waals surface area contributed by atoms with Crippen molar-refractivity contribution in [1.29, 1.82) is 0 Å². The molecule has 0 unspecified atom stereocenters. The van der Waals surface area contributed by atoms with Gasteiger partial charge in [-0.1, -0.05) is 0 Å². The van der Waals surface area contributed by atoms with E-state index < -0.39 is 16.0 Å². The number of esters is 1. The molecule has 0 aliphatic heterocycles. The van der Waals surface area contributed by atoms with Gasteiger partial charge >= 0.3 is 5.97 Å².